The third-order valence-corrected chi connectivity index (χ3v) is 5.66. The van der Waals surface area contributed by atoms with Crippen LogP contribution < -0.4 is 10.2 Å². The highest BCUT2D eigenvalue weighted by molar-refractivity contribution is 5.85. The number of fused-ring (bicyclic) bond motifs is 3. The average molecular weight is 435 g/mol. The molecule has 2 bridgehead atoms. The van der Waals surface area contributed by atoms with Gasteiger partial charge in [-0.3, -0.25) is 4.79 Å². The standard InChI is InChI=1S/C18H16N6O.C5H10O2/c19-5-12-7-21-24-10-15(25)4-16(18(12)24)11-1-2-17(20-6-11)23-8-13-3-14(9-23)22-13;1-5(2,3)4(6)7/h1-2,4,6-7,10,13-14,22,25H,3,8-9H2;1-3H3,(H,6,7). The van der Waals surface area contributed by atoms with Crippen molar-refractivity contribution in [2.45, 2.75) is 39.3 Å². The highest BCUT2D eigenvalue weighted by Crippen LogP contribution is 2.31. The Hall–Kier alpha value is -3.64. The number of carboxylic acid groups (broad SMARTS) is 1. The Labute approximate surface area is 185 Å². The van der Waals surface area contributed by atoms with E-state index in [-0.39, 0.29) is 5.75 Å². The van der Waals surface area contributed by atoms with E-state index in [1.165, 1.54) is 23.3 Å². The van der Waals surface area contributed by atoms with Gasteiger partial charge in [-0.05, 0) is 45.4 Å². The van der Waals surface area contributed by atoms with Gasteiger partial charge in [-0.15, -0.1) is 0 Å². The smallest absolute Gasteiger partial charge is 0.308 e. The lowest BCUT2D eigenvalue weighted by atomic mass is 9.91. The Bertz CT molecular complexity index is 1170. The zero-order valence-corrected chi connectivity index (χ0v) is 18.3. The quantitative estimate of drug-likeness (QED) is 0.562. The maximum absolute atomic E-state index is 10.0. The van der Waals surface area contributed by atoms with Gasteiger partial charge in [0, 0.05) is 42.5 Å². The zero-order chi connectivity index (χ0) is 23.0. The van der Waals surface area contributed by atoms with E-state index in [0.717, 1.165) is 30.0 Å². The van der Waals surface area contributed by atoms with Gasteiger partial charge in [0.25, 0.3) is 0 Å². The fraction of sp³-hybridized carbons (Fsp3) is 0.391. The normalized spacial score (nSPS) is 19.5. The predicted octanol–water partition coefficient (Wildman–Crippen LogP) is 2.64. The third kappa shape index (κ3) is 4.22. The first-order valence-corrected chi connectivity index (χ1v) is 10.5. The van der Waals surface area contributed by atoms with Crippen molar-refractivity contribution in [3.05, 3.63) is 42.4 Å². The summed E-state index contributed by atoms with van der Waals surface area (Å²) in [5, 5.41) is 35.2. The van der Waals surface area contributed by atoms with Crippen LogP contribution in [0.4, 0.5) is 5.82 Å². The van der Waals surface area contributed by atoms with Crippen molar-refractivity contribution in [3.63, 3.8) is 0 Å². The van der Waals surface area contributed by atoms with Crippen LogP contribution in [-0.4, -0.2) is 56.0 Å². The van der Waals surface area contributed by atoms with Gasteiger partial charge in [-0.1, -0.05) is 0 Å². The van der Waals surface area contributed by atoms with E-state index in [2.05, 4.69) is 26.4 Å². The number of pyridine rings is 2. The number of carbonyl (C=O) groups is 1. The van der Waals surface area contributed by atoms with Crippen LogP contribution >= 0.6 is 0 Å². The van der Waals surface area contributed by atoms with Crippen molar-refractivity contribution < 1.29 is 15.0 Å². The molecule has 3 aromatic rings. The lowest BCUT2D eigenvalue weighted by Crippen LogP contribution is -2.67. The minimum atomic E-state index is -0.757. The van der Waals surface area contributed by atoms with Crippen molar-refractivity contribution in [1.82, 2.24) is 19.9 Å². The summed E-state index contributed by atoms with van der Waals surface area (Å²) < 4.78 is 1.53. The molecule has 0 aromatic carbocycles. The molecule has 3 aliphatic heterocycles. The number of aliphatic carboxylic acids is 1. The Morgan fingerprint density at radius 1 is 1.25 bits per heavy atom. The molecule has 9 nitrogen and oxygen atoms in total. The molecule has 3 aromatic heterocycles. The molecular formula is C23H26N6O3. The van der Waals surface area contributed by atoms with Crippen LogP contribution in [0.1, 0.15) is 32.8 Å². The molecule has 0 amide bonds. The van der Waals surface area contributed by atoms with E-state index >= 15 is 0 Å². The number of aromatic hydroxyl groups is 1. The van der Waals surface area contributed by atoms with E-state index in [1.54, 1.807) is 33.0 Å². The highest BCUT2D eigenvalue weighted by atomic mass is 16.4. The summed E-state index contributed by atoms with van der Waals surface area (Å²) in [7, 11) is 0. The number of nitrogens with zero attached hydrogens (tertiary/aromatic N) is 5. The molecule has 0 aliphatic carbocycles. The van der Waals surface area contributed by atoms with Crippen molar-refractivity contribution >= 4 is 17.3 Å². The number of piperazine rings is 1. The second-order valence-electron chi connectivity index (χ2n) is 9.24. The van der Waals surface area contributed by atoms with E-state index in [9.17, 15) is 15.2 Å². The maximum Gasteiger partial charge on any atom is 0.308 e. The Morgan fingerprint density at radius 2 is 1.91 bits per heavy atom. The average Bonchev–Trinajstić information content (AvgIpc) is 3.15. The molecule has 6 rings (SSSR count). The van der Waals surface area contributed by atoms with Gasteiger partial charge in [0.05, 0.1) is 28.9 Å². The maximum atomic E-state index is 10.0. The lowest BCUT2D eigenvalue weighted by Gasteiger charge is -2.48. The molecule has 0 radical (unpaired) electrons. The molecular weight excluding hydrogens is 408 g/mol. The summed E-state index contributed by atoms with van der Waals surface area (Å²) >= 11 is 0. The predicted molar refractivity (Wildman–Crippen MR) is 119 cm³/mol. The first kappa shape index (κ1) is 21.6. The van der Waals surface area contributed by atoms with Crippen molar-refractivity contribution in [2.75, 3.05) is 18.0 Å². The number of rotatable bonds is 2. The number of hydrogen-bond donors (Lipinski definition) is 3. The molecule has 32 heavy (non-hydrogen) atoms. The van der Waals surface area contributed by atoms with Gasteiger partial charge in [0.1, 0.15) is 17.6 Å². The van der Waals surface area contributed by atoms with Crippen LogP contribution in [-0.2, 0) is 4.79 Å². The molecule has 2 unspecified atom stereocenters. The van der Waals surface area contributed by atoms with Gasteiger partial charge in [0.15, 0.2) is 0 Å². The van der Waals surface area contributed by atoms with Crippen molar-refractivity contribution in [3.8, 4) is 22.9 Å². The number of nitriles is 1. The molecule has 2 atom stereocenters. The Kier molecular flexibility index (Phi) is 5.48. The Balaban J connectivity index is 0.000000307. The summed E-state index contributed by atoms with van der Waals surface area (Å²) in [6.45, 7) is 6.96. The second kappa shape index (κ2) is 8.13. The molecule has 0 spiro atoms. The molecule has 3 aliphatic rings. The number of carboxylic acids is 1. The molecule has 0 saturated carbocycles. The molecule has 3 saturated heterocycles. The molecule has 6 heterocycles. The van der Waals surface area contributed by atoms with Gasteiger partial charge >= 0.3 is 5.97 Å². The second-order valence-corrected chi connectivity index (χ2v) is 9.24. The topological polar surface area (TPSA) is 127 Å². The van der Waals surface area contributed by atoms with Crippen LogP contribution in [0.5, 0.6) is 5.75 Å². The number of hydrogen-bond acceptors (Lipinski definition) is 7. The fourth-order valence-corrected chi connectivity index (χ4v) is 3.84. The summed E-state index contributed by atoms with van der Waals surface area (Å²) in [5.74, 6) is 0.305. The van der Waals surface area contributed by atoms with E-state index in [0.29, 0.717) is 23.2 Å². The van der Waals surface area contributed by atoms with E-state index in [4.69, 9.17) is 5.11 Å². The van der Waals surface area contributed by atoms with Gasteiger partial charge in [0.2, 0.25) is 0 Å². The van der Waals surface area contributed by atoms with Crippen molar-refractivity contribution in [1.29, 1.82) is 5.26 Å². The summed E-state index contributed by atoms with van der Waals surface area (Å²) in [6, 6.07) is 8.95. The van der Waals surface area contributed by atoms with Crippen LogP contribution in [0.3, 0.4) is 0 Å². The number of anilines is 1. The minimum absolute atomic E-state index is 0.0985. The van der Waals surface area contributed by atoms with Crippen LogP contribution in [0.25, 0.3) is 16.6 Å². The monoisotopic (exact) mass is 434 g/mol. The number of piperidine rings is 1. The SMILES string of the molecule is CC(C)(C)C(=O)O.N#Cc1cnn2cc(O)cc(-c3ccc(N4CC5CC(C4)N5)nc3)c12. The number of nitrogens with one attached hydrogen (secondary N) is 1. The molecule has 166 valence electrons. The largest absolute Gasteiger partial charge is 0.506 e. The summed E-state index contributed by atoms with van der Waals surface area (Å²) in [5.41, 5.74) is 2.16. The first-order valence-electron chi connectivity index (χ1n) is 10.5. The first-order chi connectivity index (χ1) is 15.2. The van der Waals surface area contributed by atoms with Crippen molar-refractivity contribution in [2.24, 2.45) is 5.41 Å². The number of aromatic nitrogens is 3. The van der Waals surface area contributed by atoms with Crippen LogP contribution in [0, 0.1) is 16.7 Å². The van der Waals surface area contributed by atoms with Crippen LogP contribution in [0.2, 0.25) is 0 Å². The fourth-order valence-electron chi connectivity index (χ4n) is 3.84. The Morgan fingerprint density at radius 3 is 2.44 bits per heavy atom. The molecule has 3 N–H and O–H groups in total. The highest BCUT2D eigenvalue weighted by Gasteiger charge is 2.36. The van der Waals surface area contributed by atoms with E-state index < -0.39 is 11.4 Å². The van der Waals surface area contributed by atoms with Gasteiger partial charge < -0.3 is 20.4 Å². The summed E-state index contributed by atoms with van der Waals surface area (Å²) in [6.07, 6.45) is 6.06. The van der Waals surface area contributed by atoms with Gasteiger partial charge in [-0.25, -0.2) is 9.50 Å². The third-order valence-electron chi connectivity index (χ3n) is 5.66. The summed E-state index contributed by atoms with van der Waals surface area (Å²) in [4.78, 5) is 16.9. The minimum Gasteiger partial charge on any atom is -0.506 e. The molecule has 9 heteroatoms. The zero-order valence-electron chi connectivity index (χ0n) is 18.3. The van der Waals surface area contributed by atoms with E-state index in [1.807, 2.05) is 12.1 Å². The lowest BCUT2D eigenvalue weighted by molar-refractivity contribution is -0.145. The van der Waals surface area contributed by atoms with Gasteiger partial charge in [-0.2, -0.15) is 10.4 Å². The molecule has 3 fully saturated rings. The van der Waals surface area contributed by atoms with Crippen LogP contribution in [0.15, 0.2) is 36.8 Å².